The van der Waals surface area contributed by atoms with Crippen LogP contribution in [0.4, 0.5) is 0 Å². The van der Waals surface area contributed by atoms with Crippen LogP contribution in [0.1, 0.15) is 0 Å². The normalized spacial score (nSPS) is 11.2. The van der Waals surface area contributed by atoms with Crippen molar-refractivity contribution in [2.75, 3.05) is 0 Å². The Kier molecular flexibility index (Phi) is 6.43. The van der Waals surface area contributed by atoms with E-state index in [9.17, 15) is 0 Å². The smallest absolute Gasteiger partial charge is 0.0970 e. The number of hydrogen-bond acceptors (Lipinski definition) is 4. The van der Waals surface area contributed by atoms with Gasteiger partial charge in [0.15, 0.2) is 0 Å². The highest BCUT2D eigenvalue weighted by molar-refractivity contribution is 6.08. The summed E-state index contributed by atoms with van der Waals surface area (Å²) in [4.78, 5) is 18.1. The number of hydrogen-bond donors (Lipinski definition) is 0. The highest BCUT2D eigenvalue weighted by atomic mass is 14.7. The van der Waals surface area contributed by atoms with E-state index in [1.807, 2.05) is 43.0 Å². The summed E-state index contributed by atoms with van der Waals surface area (Å²) in [5, 5.41) is 2.19. The first kappa shape index (κ1) is 25.7. The first-order chi connectivity index (χ1) is 21.8. The summed E-state index contributed by atoms with van der Waals surface area (Å²) in [7, 11) is 0. The first-order valence-electron chi connectivity index (χ1n) is 14.6. The first-order valence-corrected chi connectivity index (χ1v) is 14.6. The second kappa shape index (κ2) is 11.0. The molecule has 0 atom stereocenters. The van der Waals surface area contributed by atoms with Crippen LogP contribution in [0.3, 0.4) is 0 Å². The van der Waals surface area contributed by atoms with E-state index in [1.165, 1.54) is 0 Å². The fourth-order valence-corrected chi connectivity index (χ4v) is 5.94. The van der Waals surface area contributed by atoms with E-state index >= 15 is 0 Å². The molecule has 4 heterocycles. The van der Waals surface area contributed by atoms with Crippen LogP contribution in [-0.4, -0.2) is 19.9 Å². The molecule has 0 spiro atoms. The maximum absolute atomic E-state index is 4.71. The summed E-state index contributed by atoms with van der Waals surface area (Å²) in [5.41, 5.74) is 13.1. The Bertz CT molecular complexity index is 2220. The van der Waals surface area contributed by atoms with Crippen molar-refractivity contribution in [3.8, 4) is 55.6 Å². The third kappa shape index (κ3) is 4.79. The van der Waals surface area contributed by atoms with E-state index in [-0.39, 0.29) is 0 Å². The number of nitrogens with zero attached hydrogens (tertiary/aromatic N) is 4. The molecular weight excluding hydrogens is 536 g/mol. The van der Waals surface area contributed by atoms with Gasteiger partial charge >= 0.3 is 0 Å². The lowest BCUT2D eigenvalue weighted by atomic mass is 9.92. The lowest BCUT2D eigenvalue weighted by Crippen LogP contribution is -1.89. The number of benzene rings is 4. The van der Waals surface area contributed by atoms with Gasteiger partial charge in [-0.3, -0.25) is 19.9 Å². The molecule has 0 radical (unpaired) electrons. The SMILES string of the molecule is c1cncc(-c2cc(-c3cccnc3)cc(-c3cccc(-c4cccc(-c5ccnc6c5ccc5cccnc56)c4)c3)c2)c1. The summed E-state index contributed by atoms with van der Waals surface area (Å²) < 4.78 is 0. The highest BCUT2D eigenvalue weighted by Crippen LogP contribution is 2.36. The van der Waals surface area contributed by atoms with Crippen LogP contribution in [-0.2, 0) is 0 Å². The van der Waals surface area contributed by atoms with E-state index in [1.54, 1.807) is 12.4 Å². The van der Waals surface area contributed by atoms with E-state index in [0.29, 0.717) is 0 Å². The number of pyridine rings is 4. The average Bonchev–Trinajstić information content (AvgIpc) is 3.12. The van der Waals surface area contributed by atoms with Crippen LogP contribution < -0.4 is 0 Å². The Labute approximate surface area is 255 Å². The van der Waals surface area contributed by atoms with Crippen LogP contribution in [0.2, 0.25) is 0 Å². The molecule has 4 heteroatoms. The number of aromatic nitrogens is 4. The van der Waals surface area contributed by atoms with Gasteiger partial charge in [0.05, 0.1) is 11.0 Å². The molecule has 0 aliphatic rings. The molecule has 0 bridgehead atoms. The maximum atomic E-state index is 4.71. The fraction of sp³-hybridized carbons (Fsp3) is 0. The van der Waals surface area contributed by atoms with Crippen molar-refractivity contribution in [3.05, 3.63) is 159 Å². The van der Waals surface area contributed by atoms with E-state index in [4.69, 9.17) is 4.98 Å². The van der Waals surface area contributed by atoms with Crippen molar-refractivity contribution >= 4 is 21.8 Å². The lowest BCUT2D eigenvalue weighted by molar-refractivity contribution is 1.32. The van der Waals surface area contributed by atoms with Gasteiger partial charge in [0.1, 0.15) is 0 Å². The van der Waals surface area contributed by atoms with E-state index in [2.05, 4.69) is 118 Å². The average molecular weight is 563 g/mol. The van der Waals surface area contributed by atoms with Crippen molar-refractivity contribution in [2.45, 2.75) is 0 Å². The zero-order valence-electron chi connectivity index (χ0n) is 23.8. The van der Waals surface area contributed by atoms with Crippen molar-refractivity contribution in [1.29, 1.82) is 0 Å². The van der Waals surface area contributed by atoms with Crippen LogP contribution in [0.25, 0.3) is 77.4 Å². The third-order valence-electron chi connectivity index (χ3n) is 8.11. The van der Waals surface area contributed by atoms with Crippen molar-refractivity contribution in [1.82, 2.24) is 19.9 Å². The van der Waals surface area contributed by atoms with Crippen molar-refractivity contribution < 1.29 is 0 Å². The zero-order valence-corrected chi connectivity index (χ0v) is 23.8. The topological polar surface area (TPSA) is 51.6 Å². The molecule has 206 valence electrons. The minimum absolute atomic E-state index is 0.922. The predicted octanol–water partition coefficient (Wildman–Crippen LogP) is 9.91. The van der Waals surface area contributed by atoms with Gasteiger partial charge in [-0.15, -0.1) is 0 Å². The van der Waals surface area contributed by atoms with Crippen LogP contribution in [0.15, 0.2) is 159 Å². The molecule has 0 amide bonds. The molecule has 4 nitrogen and oxygen atoms in total. The van der Waals surface area contributed by atoms with Gasteiger partial charge < -0.3 is 0 Å². The second-order valence-corrected chi connectivity index (χ2v) is 10.8. The molecular formula is C40H26N4. The fourth-order valence-electron chi connectivity index (χ4n) is 5.94. The Morgan fingerprint density at radius 2 is 0.864 bits per heavy atom. The van der Waals surface area contributed by atoms with Gasteiger partial charge in [0.25, 0.3) is 0 Å². The summed E-state index contributed by atoms with van der Waals surface area (Å²) in [6.45, 7) is 0. The summed E-state index contributed by atoms with van der Waals surface area (Å²) in [6, 6.07) is 42.8. The third-order valence-corrected chi connectivity index (χ3v) is 8.11. The molecule has 0 saturated carbocycles. The molecule has 0 saturated heterocycles. The van der Waals surface area contributed by atoms with Crippen LogP contribution >= 0.6 is 0 Å². The maximum Gasteiger partial charge on any atom is 0.0970 e. The minimum atomic E-state index is 0.922. The Morgan fingerprint density at radius 3 is 1.52 bits per heavy atom. The molecule has 4 aromatic heterocycles. The van der Waals surface area contributed by atoms with Gasteiger partial charge in [-0.25, -0.2) is 0 Å². The largest absolute Gasteiger partial charge is 0.264 e. The van der Waals surface area contributed by atoms with E-state index < -0.39 is 0 Å². The molecule has 44 heavy (non-hydrogen) atoms. The van der Waals surface area contributed by atoms with Crippen LogP contribution in [0.5, 0.6) is 0 Å². The van der Waals surface area contributed by atoms with Gasteiger partial charge in [-0.05, 0) is 99.1 Å². The van der Waals surface area contributed by atoms with Crippen molar-refractivity contribution in [2.24, 2.45) is 0 Å². The van der Waals surface area contributed by atoms with Crippen molar-refractivity contribution in [3.63, 3.8) is 0 Å². The van der Waals surface area contributed by atoms with Gasteiger partial charge in [0.2, 0.25) is 0 Å². The zero-order chi connectivity index (χ0) is 29.3. The molecule has 0 N–H and O–H groups in total. The molecule has 0 fully saturated rings. The summed E-state index contributed by atoms with van der Waals surface area (Å²) >= 11 is 0. The number of fused-ring (bicyclic) bond motifs is 3. The Hall–Kier alpha value is -6.00. The molecule has 8 aromatic rings. The van der Waals surface area contributed by atoms with Gasteiger partial charge in [-0.1, -0.05) is 66.7 Å². The molecule has 4 aromatic carbocycles. The molecule has 0 aliphatic carbocycles. The van der Waals surface area contributed by atoms with Gasteiger partial charge in [-0.2, -0.15) is 0 Å². The van der Waals surface area contributed by atoms with Gasteiger partial charge in [0, 0.05) is 59.1 Å². The molecule has 0 unspecified atom stereocenters. The van der Waals surface area contributed by atoms with Crippen LogP contribution in [0, 0.1) is 0 Å². The summed E-state index contributed by atoms with van der Waals surface area (Å²) in [6.07, 6.45) is 11.1. The quantitative estimate of drug-likeness (QED) is 0.196. The second-order valence-electron chi connectivity index (χ2n) is 10.8. The van der Waals surface area contributed by atoms with E-state index in [0.717, 1.165) is 77.4 Å². The highest BCUT2D eigenvalue weighted by Gasteiger charge is 2.12. The minimum Gasteiger partial charge on any atom is -0.264 e. The molecule has 8 rings (SSSR count). The summed E-state index contributed by atoms with van der Waals surface area (Å²) in [5.74, 6) is 0. The number of rotatable bonds is 5. The molecule has 0 aliphatic heterocycles. The Morgan fingerprint density at radius 1 is 0.341 bits per heavy atom. The standard InChI is InChI=1S/C40H26N4/c1-6-28(29-7-2-9-31(21-29)37-15-19-44-40-38(37)14-13-27-10-5-18-43-39(27)40)20-30(8-1)34-22-35(32-11-3-16-41-25-32)24-36(23-34)33-12-4-17-42-26-33/h1-26H. The Balaban J connectivity index is 1.22. The lowest BCUT2D eigenvalue weighted by Gasteiger charge is -2.13. The monoisotopic (exact) mass is 562 g/mol. The predicted molar refractivity (Wildman–Crippen MR) is 180 cm³/mol.